The summed E-state index contributed by atoms with van der Waals surface area (Å²) >= 11 is 3.54. The van der Waals surface area contributed by atoms with E-state index in [2.05, 4.69) is 47.8 Å². The molecule has 1 aliphatic heterocycles. The van der Waals surface area contributed by atoms with Gasteiger partial charge >= 0.3 is 0 Å². The van der Waals surface area contributed by atoms with Gasteiger partial charge in [-0.1, -0.05) is 6.07 Å². The molecule has 0 amide bonds. The van der Waals surface area contributed by atoms with Crippen molar-refractivity contribution in [3.05, 3.63) is 46.7 Å². The van der Waals surface area contributed by atoms with E-state index >= 15 is 0 Å². The van der Waals surface area contributed by atoms with Crippen LogP contribution in [-0.2, 0) is 6.54 Å². The normalized spacial score (nSPS) is 15.8. The van der Waals surface area contributed by atoms with E-state index in [1.807, 2.05) is 12.1 Å². The molecule has 1 aromatic carbocycles. The zero-order valence-corrected chi connectivity index (χ0v) is 14.2. The Morgan fingerprint density at radius 1 is 1.14 bits per heavy atom. The number of nitrogens with zero attached hydrogens (tertiary/aromatic N) is 4. The highest BCUT2D eigenvalue weighted by atomic mass is 79.9. The average molecular weight is 363 g/mol. The van der Waals surface area contributed by atoms with Crippen LogP contribution in [0.15, 0.2) is 41.1 Å². The van der Waals surface area contributed by atoms with E-state index in [0.717, 1.165) is 48.9 Å². The van der Waals surface area contributed by atoms with E-state index in [9.17, 15) is 0 Å². The summed E-state index contributed by atoms with van der Waals surface area (Å²) in [6, 6.07) is 8.11. The van der Waals surface area contributed by atoms with Crippen LogP contribution < -0.4 is 9.64 Å². The summed E-state index contributed by atoms with van der Waals surface area (Å²) in [4.78, 5) is 13.3. The number of methoxy groups -OCH3 is 1. The molecule has 0 atom stereocenters. The summed E-state index contributed by atoms with van der Waals surface area (Å²) < 4.78 is 6.28. The topological polar surface area (TPSA) is 41.5 Å². The lowest BCUT2D eigenvalue weighted by Gasteiger charge is -2.34. The molecule has 1 aliphatic rings. The highest BCUT2D eigenvalue weighted by Crippen LogP contribution is 2.26. The van der Waals surface area contributed by atoms with Crippen molar-refractivity contribution < 1.29 is 4.74 Å². The van der Waals surface area contributed by atoms with E-state index in [1.54, 1.807) is 19.5 Å². The van der Waals surface area contributed by atoms with Crippen molar-refractivity contribution >= 4 is 21.9 Å². The third-order valence-corrected chi connectivity index (χ3v) is 4.45. The van der Waals surface area contributed by atoms with Gasteiger partial charge in [-0.15, -0.1) is 0 Å². The largest absolute Gasteiger partial charge is 0.496 e. The molecule has 2 aromatic rings. The second kappa shape index (κ2) is 7.07. The van der Waals surface area contributed by atoms with Crippen molar-refractivity contribution in [2.45, 2.75) is 6.54 Å². The molecule has 116 valence electrons. The molecule has 0 spiro atoms. The van der Waals surface area contributed by atoms with Gasteiger partial charge in [0.05, 0.1) is 11.6 Å². The quantitative estimate of drug-likeness (QED) is 0.835. The van der Waals surface area contributed by atoms with Crippen LogP contribution in [0.25, 0.3) is 0 Å². The fourth-order valence-electron chi connectivity index (χ4n) is 2.63. The van der Waals surface area contributed by atoms with Gasteiger partial charge in [0, 0.05) is 45.1 Å². The maximum absolute atomic E-state index is 5.27. The second-order valence-corrected chi connectivity index (χ2v) is 6.14. The van der Waals surface area contributed by atoms with Crippen molar-refractivity contribution in [2.75, 3.05) is 38.2 Å². The zero-order chi connectivity index (χ0) is 15.4. The van der Waals surface area contributed by atoms with Crippen LogP contribution in [-0.4, -0.2) is 48.2 Å². The minimum atomic E-state index is 0.828. The molecule has 0 aliphatic carbocycles. The molecule has 1 saturated heterocycles. The maximum Gasteiger partial charge on any atom is 0.225 e. The number of anilines is 1. The Kier molecular flexibility index (Phi) is 4.90. The first-order chi connectivity index (χ1) is 10.8. The molecule has 6 heteroatoms. The molecule has 1 aromatic heterocycles. The van der Waals surface area contributed by atoms with E-state index in [1.165, 1.54) is 5.56 Å². The zero-order valence-electron chi connectivity index (χ0n) is 12.6. The van der Waals surface area contributed by atoms with Crippen molar-refractivity contribution in [1.29, 1.82) is 0 Å². The van der Waals surface area contributed by atoms with Crippen molar-refractivity contribution in [3.63, 3.8) is 0 Å². The van der Waals surface area contributed by atoms with Crippen LogP contribution >= 0.6 is 15.9 Å². The summed E-state index contributed by atoms with van der Waals surface area (Å²) in [5, 5.41) is 0. The molecule has 0 N–H and O–H groups in total. The maximum atomic E-state index is 5.27. The lowest BCUT2D eigenvalue weighted by Crippen LogP contribution is -2.46. The average Bonchev–Trinajstić information content (AvgIpc) is 2.57. The molecular weight excluding hydrogens is 344 g/mol. The molecule has 3 rings (SSSR count). The molecule has 0 unspecified atom stereocenters. The second-order valence-electron chi connectivity index (χ2n) is 5.28. The van der Waals surface area contributed by atoms with Gasteiger partial charge in [-0.3, -0.25) is 4.90 Å². The lowest BCUT2D eigenvalue weighted by molar-refractivity contribution is 0.248. The van der Waals surface area contributed by atoms with Crippen LogP contribution in [0.2, 0.25) is 0 Å². The van der Waals surface area contributed by atoms with Gasteiger partial charge in [-0.25, -0.2) is 9.97 Å². The molecule has 2 heterocycles. The van der Waals surface area contributed by atoms with Gasteiger partial charge in [0.2, 0.25) is 5.95 Å². The first kappa shape index (κ1) is 15.2. The van der Waals surface area contributed by atoms with Crippen molar-refractivity contribution in [3.8, 4) is 5.75 Å². The molecule has 22 heavy (non-hydrogen) atoms. The van der Waals surface area contributed by atoms with Crippen LogP contribution in [0, 0.1) is 0 Å². The van der Waals surface area contributed by atoms with Crippen molar-refractivity contribution in [2.24, 2.45) is 0 Å². The number of piperazine rings is 1. The number of benzene rings is 1. The Morgan fingerprint density at radius 3 is 2.50 bits per heavy atom. The monoisotopic (exact) mass is 362 g/mol. The summed E-state index contributed by atoms with van der Waals surface area (Å²) in [6.07, 6.45) is 3.59. The lowest BCUT2D eigenvalue weighted by atomic mass is 10.2. The summed E-state index contributed by atoms with van der Waals surface area (Å²) in [7, 11) is 1.69. The number of rotatable bonds is 4. The Bertz CT molecular complexity index is 615. The summed E-state index contributed by atoms with van der Waals surface area (Å²) in [6.45, 7) is 4.90. The highest BCUT2D eigenvalue weighted by Gasteiger charge is 2.18. The SMILES string of the molecule is COc1ccc(CN2CCN(c3ncccn3)CC2)cc1Br. The van der Waals surface area contributed by atoms with E-state index < -0.39 is 0 Å². The molecule has 0 saturated carbocycles. The number of aromatic nitrogens is 2. The molecule has 0 bridgehead atoms. The van der Waals surface area contributed by atoms with E-state index in [4.69, 9.17) is 4.74 Å². The van der Waals surface area contributed by atoms with Gasteiger partial charge in [-0.2, -0.15) is 0 Å². The van der Waals surface area contributed by atoms with Crippen LogP contribution in [0.1, 0.15) is 5.56 Å². The smallest absolute Gasteiger partial charge is 0.225 e. The van der Waals surface area contributed by atoms with E-state index in [-0.39, 0.29) is 0 Å². The summed E-state index contributed by atoms with van der Waals surface area (Å²) in [5.41, 5.74) is 1.29. The van der Waals surface area contributed by atoms with E-state index in [0.29, 0.717) is 0 Å². The number of hydrogen-bond donors (Lipinski definition) is 0. The number of hydrogen-bond acceptors (Lipinski definition) is 5. The third kappa shape index (κ3) is 3.56. The molecule has 0 radical (unpaired) electrons. The Morgan fingerprint density at radius 2 is 1.86 bits per heavy atom. The molecule has 5 nitrogen and oxygen atoms in total. The predicted octanol–water partition coefficient (Wildman–Crippen LogP) is 2.57. The number of halogens is 1. The highest BCUT2D eigenvalue weighted by molar-refractivity contribution is 9.10. The van der Waals surface area contributed by atoms with Crippen LogP contribution in [0.3, 0.4) is 0 Å². The first-order valence-corrected chi connectivity index (χ1v) is 8.12. The van der Waals surface area contributed by atoms with Gasteiger partial charge < -0.3 is 9.64 Å². The predicted molar refractivity (Wildman–Crippen MR) is 90.2 cm³/mol. The summed E-state index contributed by atoms with van der Waals surface area (Å²) in [5.74, 6) is 1.70. The van der Waals surface area contributed by atoms with Crippen LogP contribution in [0.4, 0.5) is 5.95 Å². The first-order valence-electron chi connectivity index (χ1n) is 7.33. The minimum absolute atomic E-state index is 0.828. The Hall–Kier alpha value is -1.66. The Labute approximate surface area is 139 Å². The standard InChI is InChI=1S/C16H19BrN4O/c1-22-15-4-3-13(11-14(15)17)12-20-7-9-21(10-8-20)16-18-5-2-6-19-16/h2-6,11H,7-10,12H2,1H3. The van der Waals surface area contributed by atoms with Crippen molar-refractivity contribution in [1.82, 2.24) is 14.9 Å². The van der Waals surface area contributed by atoms with Crippen LogP contribution in [0.5, 0.6) is 5.75 Å². The van der Waals surface area contributed by atoms with Gasteiger partial charge in [0.15, 0.2) is 0 Å². The third-order valence-electron chi connectivity index (χ3n) is 3.83. The fourth-order valence-corrected chi connectivity index (χ4v) is 3.22. The molecule has 1 fully saturated rings. The fraction of sp³-hybridized carbons (Fsp3) is 0.375. The number of ether oxygens (including phenoxy) is 1. The minimum Gasteiger partial charge on any atom is -0.496 e. The van der Waals surface area contributed by atoms with Gasteiger partial charge in [-0.05, 0) is 39.7 Å². The van der Waals surface area contributed by atoms with Gasteiger partial charge in [0.1, 0.15) is 5.75 Å². The Balaban J connectivity index is 1.57. The van der Waals surface area contributed by atoms with Gasteiger partial charge in [0.25, 0.3) is 0 Å². The molecular formula is C16H19BrN4O.